The summed E-state index contributed by atoms with van der Waals surface area (Å²) in [6, 6.07) is 5.54. The average molecular weight is 320 g/mol. The van der Waals surface area contributed by atoms with Crippen LogP contribution in [0.15, 0.2) is 22.7 Å². The molecule has 0 fully saturated rings. The van der Waals surface area contributed by atoms with Crippen LogP contribution < -0.4 is 10.6 Å². The van der Waals surface area contributed by atoms with Gasteiger partial charge in [-0.05, 0) is 31.7 Å². The molecule has 1 aromatic rings. The minimum atomic E-state index is -0.0392. The van der Waals surface area contributed by atoms with Gasteiger partial charge in [-0.1, -0.05) is 34.5 Å². The van der Waals surface area contributed by atoms with Crippen LogP contribution in [0.2, 0.25) is 5.02 Å². The van der Waals surface area contributed by atoms with E-state index in [4.69, 9.17) is 11.6 Å². The first kappa shape index (κ1) is 14.5. The van der Waals surface area contributed by atoms with Gasteiger partial charge < -0.3 is 10.6 Å². The Morgan fingerprint density at radius 3 is 2.82 bits per heavy atom. The quantitative estimate of drug-likeness (QED) is 0.873. The number of nitrogens with one attached hydrogen (secondary N) is 2. The van der Waals surface area contributed by atoms with Gasteiger partial charge in [-0.2, -0.15) is 0 Å². The standard InChI is InChI=1S/C12H16BrClN2O/c1-3-15-8(2)6-12(17)16-11-5-4-9(13)7-10(11)14/h4-5,7-8,15H,3,6H2,1-2H3,(H,16,17). The molecule has 1 unspecified atom stereocenters. The summed E-state index contributed by atoms with van der Waals surface area (Å²) in [5.74, 6) is -0.0392. The Morgan fingerprint density at radius 2 is 2.24 bits per heavy atom. The molecule has 1 aromatic carbocycles. The maximum Gasteiger partial charge on any atom is 0.225 e. The normalized spacial score (nSPS) is 12.2. The first-order valence-corrected chi connectivity index (χ1v) is 6.68. The fraction of sp³-hybridized carbons (Fsp3) is 0.417. The minimum Gasteiger partial charge on any atom is -0.325 e. The van der Waals surface area contributed by atoms with E-state index < -0.39 is 0 Å². The zero-order valence-electron chi connectivity index (χ0n) is 9.89. The second-order valence-corrected chi connectivity index (χ2v) is 5.16. The fourth-order valence-corrected chi connectivity index (χ4v) is 2.21. The van der Waals surface area contributed by atoms with Crippen molar-refractivity contribution in [1.82, 2.24) is 5.32 Å². The summed E-state index contributed by atoms with van der Waals surface area (Å²) in [4.78, 5) is 11.7. The third-order valence-corrected chi connectivity index (χ3v) is 3.06. The molecule has 3 nitrogen and oxygen atoms in total. The highest BCUT2D eigenvalue weighted by molar-refractivity contribution is 9.10. The zero-order valence-corrected chi connectivity index (χ0v) is 12.2. The van der Waals surface area contributed by atoms with E-state index in [1.165, 1.54) is 0 Å². The van der Waals surface area contributed by atoms with Gasteiger partial charge in [0.05, 0.1) is 10.7 Å². The summed E-state index contributed by atoms with van der Waals surface area (Å²) in [7, 11) is 0. The Kier molecular flexibility index (Phi) is 5.95. The van der Waals surface area contributed by atoms with Gasteiger partial charge in [0.15, 0.2) is 0 Å². The maximum atomic E-state index is 11.7. The molecule has 0 aromatic heterocycles. The van der Waals surface area contributed by atoms with Crippen molar-refractivity contribution in [2.45, 2.75) is 26.3 Å². The molecule has 0 aliphatic carbocycles. The third kappa shape index (κ3) is 5.06. The summed E-state index contributed by atoms with van der Waals surface area (Å²) < 4.78 is 0.890. The van der Waals surface area contributed by atoms with Crippen LogP contribution in [0.25, 0.3) is 0 Å². The molecule has 0 saturated heterocycles. The molecule has 0 radical (unpaired) electrons. The van der Waals surface area contributed by atoms with Gasteiger partial charge in [-0.25, -0.2) is 0 Å². The molecular formula is C12H16BrClN2O. The molecule has 0 bridgehead atoms. The topological polar surface area (TPSA) is 41.1 Å². The SMILES string of the molecule is CCNC(C)CC(=O)Nc1ccc(Br)cc1Cl. The highest BCUT2D eigenvalue weighted by Crippen LogP contribution is 2.25. The minimum absolute atomic E-state index is 0.0392. The third-order valence-electron chi connectivity index (χ3n) is 2.25. The molecule has 1 amide bonds. The summed E-state index contributed by atoms with van der Waals surface area (Å²) in [5.41, 5.74) is 0.642. The van der Waals surface area contributed by atoms with Crippen molar-refractivity contribution in [2.24, 2.45) is 0 Å². The molecule has 94 valence electrons. The van der Waals surface area contributed by atoms with E-state index in [1.54, 1.807) is 12.1 Å². The van der Waals surface area contributed by atoms with E-state index in [0.717, 1.165) is 11.0 Å². The lowest BCUT2D eigenvalue weighted by molar-refractivity contribution is -0.116. The van der Waals surface area contributed by atoms with Crippen LogP contribution in [0, 0.1) is 0 Å². The van der Waals surface area contributed by atoms with Gasteiger partial charge in [0.1, 0.15) is 0 Å². The van der Waals surface area contributed by atoms with Crippen LogP contribution in [0.3, 0.4) is 0 Å². The lowest BCUT2D eigenvalue weighted by atomic mass is 10.2. The van der Waals surface area contributed by atoms with Crippen LogP contribution in [0.4, 0.5) is 5.69 Å². The number of hydrogen-bond donors (Lipinski definition) is 2. The molecule has 0 heterocycles. The first-order valence-electron chi connectivity index (χ1n) is 5.51. The highest BCUT2D eigenvalue weighted by Gasteiger charge is 2.09. The Hall–Kier alpha value is -0.580. The number of carbonyl (C=O) groups is 1. The van der Waals surface area contributed by atoms with E-state index in [9.17, 15) is 4.79 Å². The Labute approximate surface area is 115 Å². The highest BCUT2D eigenvalue weighted by atomic mass is 79.9. The largest absolute Gasteiger partial charge is 0.325 e. The number of rotatable bonds is 5. The predicted molar refractivity (Wildman–Crippen MR) is 75.5 cm³/mol. The smallest absolute Gasteiger partial charge is 0.225 e. The predicted octanol–water partition coefficient (Wildman–Crippen LogP) is 3.43. The second kappa shape index (κ2) is 6.99. The summed E-state index contributed by atoms with van der Waals surface area (Å²) in [6.45, 7) is 4.85. The Morgan fingerprint density at radius 1 is 1.53 bits per heavy atom. The number of carbonyl (C=O) groups excluding carboxylic acids is 1. The molecule has 0 spiro atoms. The van der Waals surface area contributed by atoms with E-state index in [2.05, 4.69) is 26.6 Å². The van der Waals surface area contributed by atoms with E-state index >= 15 is 0 Å². The van der Waals surface area contributed by atoms with Gasteiger partial charge in [0.25, 0.3) is 0 Å². The van der Waals surface area contributed by atoms with E-state index in [-0.39, 0.29) is 11.9 Å². The summed E-state index contributed by atoms with van der Waals surface area (Å²) in [5, 5.41) is 6.51. The van der Waals surface area contributed by atoms with Crippen molar-refractivity contribution in [3.05, 3.63) is 27.7 Å². The molecule has 0 saturated carbocycles. The van der Waals surface area contributed by atoms with Crippen molar-refractivity contribution in [1.29, 1.82) is 0 Å². The summed E-state index contributed by atoms with van der Waals surface area (Å²) >= 11 is 9.33. The van der Waals surface area contributed by atoms with Crippen molar-refractivity contribution >= 4 is 39.1 Å². The first-order chi connectivity index (χ1) is 8.02. The Bertz CT molecular complexity index is 398. The molecule has 0 aliphatic rings. The van der Waals surface area contributed by atoms with Gasteiger partial charge in [-0.15, -0.1) is 0 Å². The van der Waals surface area contributed by atoms with E-state index in [0.29, 0.717) is 17.1 Å². The van der Waals surface area contributed by atoms with Crippen LogP contribution in [-0.2, 0) is 4.79 Å². The lowest BCUT2D eigenvalue weighted by Crippen LogP contribution is -2.30. The number of anilines is 1. The van der Waals surface area contributed by atoms with Crippen molar-refractivity contribution in [3.8, 4) is 0 Å². The maximum absolute atomic E-state index is 11.7. The van der Waals surface area contributed by atoms with Gasteiger partial charge in [0, 0.05) is 16.9 Å². The second-order valence-electron chi connectivity index (χ2n) is 3.84. The van der Waals surface area contributed by atoms with Crippen molar-refractivity contribution < 1.29 is 4.79 Å². The molecule has 17 heavy (non-hydrogen) atoms. The van der Waals surface area contributed by atoms with Gasteiger partial charge >= 0.3 is 0 Å². The Balaban J connectivity index is 2.56. The van der Waals surface area contributed by atoms with E-state index in [1.807, 2.05) is 19.9 Å². The van der Waals surface area contributed by atoms with Crippen molar-refractivity contribution in [3.63, 3.8) is 0 Å². The molecular weight excluding hydrogens is 304 g/mol. The van der Waals surface area contributed by atoms with Gasteiger partial charge in [-0.3, -0.25) is 4.79 Å². The molecule has 0 aliphatic heterocycles. The average Bonchev–Trinajstić information content (AvgIpc) is 2.22. The van der Waals surface area contributed by atoms with Crippen LogP contribution in [0.5, 0.6) is 0 Å². The molecule has 2 N–H and O–H groups in total. The monoisotopic (exact) mass is 318 g/mol. The number of halogens is 2. The van der Waals surface area contributed by atoms with Gasteiger partial charge in [0.2, 0.25) is 5.91 Å². The number of amides is 1. The van der Waals surface area contributed by atoms with Crippen LogP contribution >= 0.6 is 27.5 Å². The fourth-order valence-electron chi connectivity index (χ4n) is 1.49. The molecule has 1 rings (SSSR count). The molecule has 1 atom stereocenters. The number of hydrogen-bond acceptors (Lipinski definition) is 2. The molecule has 5 heteroatoms. The zero-order chi connectivity index (χ0) is 12.8. The summed E-state index contributed by atoms with van der Waals surface area (Å²) in [6.07, 6.45) is 0.431. The lowest BCUT2D eigenvalue weighted by Gasteiger charge is -2.12. The number of benzene rings is 1. The van der Waals surface area contributed by atoms with Crippen LogP contribution in [0.1, 0.15) is 20.3 Å². The van der Waals surface area contributed by atoms with Crippen molar-refractivity contribution in [2.75, 3.05) is 11.9 Å². The van der Waals surface area contributed by atoms with Crippen LogP contribution in [-0.4, -0.2) is 18.5 Å².